The number of rotatable bonds is 5. The van der Waals surface area contributed by atoms with Crippen molar-refractivity contribution in [2.24, 2.45) is 0 Å². The number of esters is 1. The van der Waals surface area contributed by atoms with Crippen LogP contribution in [0.15, 0.2) is 60.9 Å². The van der Waals surface area contributed by atoms with Gasteiger partial charge >= 0.3 is 12.1 Å². The van der Waals surface area contributed by atoms with E-state index in [0.717, 1.165) is 18.1 Å². The average Bonchev–Trinajstić information content (AvgIpc) is 2.81. The molecule has 0 fully saturated rings. The number of fused-ring (bicyclic) bond motifs is 1. The minimum atomic E-state index is -4.44. The van der Waals surface area contributed by atoms with Crippen molar-refractivity contribution >= 4 is 11.7 Å². The van der Waals surface area contributed by atoms with E-state index in [4.69, 9.17) is 9.47 Å². The number of carbonyl (C=O) groups excluding carboxylic acids is 1. The lowest BCUT2D eigenvalue weighted by Gasteiger charge is -2.27. The molecule has 0 amide bonds. The highest BCUT2D eigenvalue weighted by Gasteiger charge is 2.33. The van der Waals surface area contributed by atoms with Crippen LogP contribution < -0.4 is 10.1 Å². The second-order valence-corrected chi connectivity index (χ2v) is 7.42. The molecule has 8 heteroatoms. The Morgan fingerprint density at radius 3 is 2.81 bits per heavy atom. The number of halogens is 3. The zero-order chi connectivity index (χ0) is 22.7. The quantitative estimate of drug-likeness (QED) is 0.527. The van der Waals surface area contributed by atoms with Gasteiger partial charge in [0, 0.05) is 18.7 Å². The summed E-state index contributed by atoms with van der Waals surface area (Å²) in [6.07, 6.45) is -0.641. The first-order valence-electron chi connectivity index (χ1n) is 10.1. The molecule has 5 nitrogen and oxygen atoms in total. The van der Waals surface area contributed by atoms with Crippen LogP contribution >= 0.6 is 0 Å². The lowest BCUT2D eigenvalue weighted by molar-refractivity contribution is -0.137. The Balaban J connectivity index is 1.59. The highest BCUT2D eigenvalue weighted by Crippen LogP contribution is 2.41. The largest absolute Gasteiger partial charge is 0.493 e. The van der Waals surface area contributed by atoms with Crippen molar-refractivity contribution in [1.29, 1.82) is 0 Å². The van der Waals surface area contributed by atoms with Gasteiger partial charge in [0.2, 0.25) is 0 Å². The smallest absolute Gasteiger partial charge is 0.417 e. The van der Waals surface area contributed by atoms with Crippen molar-refractivity contribution in [2.75, 3.05) is 25.6 Å². The fourth-order valence-corrected chi connectivity index (χ4v) is 3.88. The molecule has 2 aromatic carbocycles. The van der Waals surface area contributed by atoms with Crippen LogP contribution in [0.3, 0.4) is 0 Å². The van der Waals surface area contributed by atoms with Gasteiger partial charge in [0.25, 0.3) is 0 Å². The Hall–Kier alpha value is -3.55. The second-order valence-electron chi connectivity index (χ2n) is 7.42. The predicted octanol–water partition coefficient (Wildman–Crippen LogP) is 5.53. The fourth-order valence-electron chi connectivity index (χ4n) is 3.88. The van der Waals surface area contributed by atoms with Crippen molar-refractivity contribution in [1.82, 2.24) is 4.98 Å². The predicted molar refractivity (Wildman–Crippen MR) is 114 cm³/mol. The number of aromatic nitrogens is 1. The Labute approximate surface area is 183 Å². The summed E-state index contributed by atoms with van der Waals surface area (Å²) in [5.41, 5.74) is 1.73. The van der Waals surface area contributed by atoms with Crippen LogP contribution in [0.1, 0.15) is 33.8 Å². The second kappa shape index (κ2) is 8.90. The number of alkyl halides is 3. The maximum atomic E-state index is 13.4. The molecule has 166 valence electrons. The lowest BCUT2D eigenvalue weighted by atomic mass is 9.90. The van der Waals surface area contributed by atoms with Crippen LogP contribution in [0.5, 0.6) is 5.75 Å². The normalized spacial score (nSPS) is 15.4. The summed E-state index contributed by atoms with van der Waals surface area (Å²) in [4.78, 5) is 16.0. The Morgan fingerprint density at radius 1 is 1.22 bits per heavy atom. The molecule has 2 heterocycles. The van der Waals surface area contributed by atoms with E-state index < -0.39 is 17.7 Å². The Morgan fingerprint density at radius 2 is 2.03 bits per heavy atom. The van der Waals surface area contributed by atoms with E-state index in [2.05, 4.69) is 10.3 Å². The molecule has 0 unspecified atom stereocenters. The molecule has 0 bridgehead atoms. The van der Waals surface area contributed by atoms with Crippen LogP contribution in [0.25, 0.3) is 11.1 Å². The molecule has 1 aliphatic heterocycles. The number of hydrogen-bond acceptors (Lipinski definition) is 5. The van der Waals surface area contributed by atoms with Crippen molar-refractivity contribution in [3.05, 3.63) is 77.6 Å². The summed E-state index contributed by atoms with van der Waals surface area (Å²) < 4.78 is 50.9. The molecule has 1 aliphatic rings. The van der Waals surface area contributed by atoms with Crippen molar-refractivity contribution < 1.29 is 27.4 Å². The van der Waals surface area contributed by atoms with Crippen LogP contribution in [0.2, 0.25) is 0 Å². The maximum absolute atomic E-state index is 13.4. The summed E-state index contributed by atoms with van der Waals surface area (Å²) in [5.74, 6) is 0.156. The first kappa shape index (κ1) is 21.7. The molecule has 0 radical (unpaired) electrons. The third-order valence-electron chi connectivity index (χ3n) is 5.49. The SMILES string of the molecule is COC(=O)c1ccncc1NC[C@@H]1CCOc2cc(-c3ccccc3C(F)(F)F)ccc21. The number of benzene rings is 2. The van der Waals surface area contributed by atoms with Gasteiger partial charge in [0.05, 0.1) is 36.7 Å². The number of ether oxygens (including phenoxy) is 2. The molecule has 1 N–H and O–H groups in total. The van der Waals surface area contributed by atoms with Gasteiger partial charge in [-0.3, -0.25) is 4.98 Å². The summed E-state index contributed by atoms with van der Waals surface area (Å²) >= 11 is 0. The maximum Gasteiger partial charge on any atom is 0.417 e. The van der Waals surface area contributed by atoms with E-state index in [9.17, 15) is 18.0 Å². The zero-order valence-electron chi connectivity index (χ0n) is 17.3. The number of hydrogen-bond donors (Lipinski definition) is 1. The van der Waals surface area contributed by atoms with Gasteiger partial charge < -0.3 is 14.8 Å². The zero-order valence-corrected chi connectivity index (χ0v) is 17.3. The molecular formula is C24H21F3N2O3. The van der Waals surface area contributed by atoms with E-state index in [0.29, 0.717) is 35.7 Å². The van der Waals surface area contributed by atoms with E-state index in [1.165, 1.54) is 25.4 Å². The van der Waals surface area contributed by atoms with Crippen LogP contribution in [-0.2, 0) is 10.9 Å². The first-order chi connectivity index (χ1) is 15.4. The van der Waals surface area contributed by atoms with Gasteiger partial charge in [-0.15, -0.1) is 0 Å². The van der Waals surface area contributed by atoms with Gasteiger partial charge in [0.1, 0.15) is 5.75 Å². The number of methoxy groups -OCH3 is 1. The van der Waals surface area contributed by atoms with Crippen LogP contribution in [0, 0.1) is 0 Å². The molecule has 0 saturated carbocycles. The van der Waals surface area contributed by atoms with E-state index in [1.54, 1.807) is 30.5 Å². The summed E-state index contributed by atoms with van der Waals surface area (Å²) in [6.45, 7) is 0.950. The van der Waals surface area contributed by atoms with E-state index in [1.807, 2.05) is 6.07 Å². The number of carbonyl (C=O) groups is 1. The van der Waals surface area contributed by atoms with Crippen molar-refractivity contribution in [3.63, 3.8) is 0 Å². The van der Waals surface area contributed by atoms with Crippen LogP contribution in [0.4, 0.5) is 18.9 Å². The minimum absolute atomic E-state index is 0.0522. The highest BCUT2D eigenvalue weighted by atomic mass is 19.4. The van der Waals surface area contributed by atoms with Crippen molar-refractivity contribution in [2.45, 2.75) is 18.5 Å². The molecule has 32 heavy (non-hydrogen) atoms. The number of nitrogens with zero attached hydrogens (tertiary/aromatic N) is 1. The van der Waals surface area contributed by atoms with E-state index in [-0.39, 0.29) is 11.5 Å². The van der Waals surface area contributed by atoms with Gasteiger partial charge in [-0.05, 0) is 41.3 Å². The lowest BCUT2D eigenvalue weighted by Crippen LogP contribution is -2.21. The van der Waals surface area contributed by atoms with Gasteiger partial charge in [0.15, 0.2) is 0 Å². The Kier molecular flexibility index (Phi) is 6.03. The number of anilines is 1. The third kappa shape index (κ3) is 4.39. The molecule has 1 atom stereocenters. The van der Waals surface area contributed by atoms with Gasteiger partial charge in [-0.25, -0.2) is 4.79 Å². The topological polar surface area (TPSA) is 60.5 Å². The molecule has 0 saturated heterocycles. The van der Waals surface area contributed by atoms with Crippen LogP contribution in [-0.4, -0.2) is 31.2 Å². The molecule has 1 aromatic heterocycles. The summed E-state index contributed by atoms with van der Waals surface area (Å²) in [6, 6.07) is 12.3. The fraction of sp³-hybridized carbons (Fsp3) is 0.250. The molecule has 0 spiro atoms. The molecule has 3 aromatic rings. The monoisotopic (exact) mass is 442 g/mol. The third-order valence-corrected chi connectivity index (χ3v) is 5.49. The standard InChI is InChI=1S/C24H21F3N2O3/c1-31-23(30)19-8-10-28-14-21(19)29-13-16-9-11-32-22-12-15(6-7-18(16)22)17-4-2-3-5-20(17)24(25,26)27/h2-8,10,12,14,16,29H,9,11,13H2,1H3/t16-/m0/s1. The summed E-state index contributed by atoms with van der Waals surface area (Å²) in [5, 5.41) is 3.25. The number of pyridine rings is 1. The van der Waals surface area contributed by atoms with Crippen molar-refractivity contribution in [3.8, 4) is 16.9 Å². The van der Waals surface area contributed by atoms with Gasteiger partial charge in [-0.1, -0.05) is 30.3 Å². The molecule has 0 aliphatic carbocycles. The number of nitrogens with one attached hydrogen (secondary N) is 1. The minimum Gasteiger partial charge on any atom is -0.493 e. The summed E-state index contributed by atoms with van der Waals surface area (Å²) in [7, 11) is 1.32. The molecule has 4 rings (SSSR count). The average molecular weight is 442 g/mol. The van der Waals surface area contributed by atoms with E-state index >= 15 is 0 Å². The highest BCUT2D eigenvalue weighted by molar-refractivity contribution is 5.95. The van der Waals surface area contributed by atoms with Gasteiger partial charge in [-0.2, -0.15) is 13.2 Å². The molecular weight excluding hydrogens is 421 g/mol. The first-order valence-corrected chi connectivity index (χ1v) is 10.1. The Bertz CT molecular complexity index is 1130.